The molecule has 19 heavy (non-hydrogen) atoms. The van der Waals surface area contributed by atoms with Crippen molar-refractivity contribution in [2.24, 2.45) is 9.98 Å². The maximum absolute atomic E-state index is 10.9. The standard InChI is InChI=1S/C11H16N2O2.2C2H6/c1-5-8(9(6-2)11(14)15)10(12-4)13-7-3;2*1-2/h5-7H,1-4H3,(H,14,15);2*1-2H3/b8-5+,9-6+,12-10?,13-7?;;. The van der Waals surface area contributed by atoms with Crippen LogP contribution in [0.2, 0.25) is 0 Å². The number of hydrogen-bond donors (Lipinski definition) is 1. The molecule has 4 nitrogen and oxygen atoms in total. The second-order valence-electron chi connectivity index (χ2n) is 2.64. The number of amidine groups is 1. The fraction of sp³-hybridized carbons (Fsp3) is 0.533. The Bertz CT molecular complexity index is 351. The molecule has 0 saturated carbocycles. The maximum Gasteiger partial charge on any atom is 0.336 e. The van der Waals surface area contributed by atoms with Gasteiger partial charge < -0.3 is 5.11 Å². The molecule has 0 fully saturated rings. The van der Waals surface area contributed by atoms with Crippen LogP contribution in [0.25, 0.3) is 0 Å². The van der Waals surface area contributed by atoms with Crippen molar-refractivity contribution in [2.75, 3.05) is 7.05 Å². The third-order valence-electron chi connectivity index (χ3n) is 1.80. The third-order valence-corrected chi connectivity index (χ3v) is 1.80. The van der Waals surface area contributed by atoms with Crippen LogP contribution in [0, 0.1) is 0 Å². The van der Waals surface area contributed by atoms with Crippen LogP contribution >= 0.6 is 0 Å². The normalized spacial score (nSPS) is 12.3. The Kier molecular flexibility index (Phi) is 19.3. The molecular weight excluding hydrogens is 240 g/mol. The molecule has 0 aromatic carbocycles. The van der Waals surface area contributed by atoms with E-state index in [1.807, 2.05) is 27.7 Å². The summed E-state index contributed by atoms with van der Waals surface area (Å²) >= 11 is 0. The van der Waals surface area contributed by atoms with Gasteiger partial charge in [-0.05, 0) is 20.8 Å². The maximum atomic E-state index is 10.9. The van der Waals surface area contributed by atoms with E-state index in [-0.39, 0.29) is 5.57 Å². The van der Waals surface area contributed by atoms with Gasteiger partial charge in [-0.15, -0.1) is 0 Å². The molecule has 0 aliphatic heterocycles. The summed E-state index contributed by atoms with van der Waals surface area (Å²) in [5.41, 5.74) is 0.745. The van der Waals surface area contributed by atoms with Gasteiger partial charge in [0.25, 0.3) is 0 Å². The SMILES string of the molecule is CC.CC.CC=NC(=NC)C(=C/C)/C(=C\C)C(=O)O. The molecule has 0 aromatic rings. The number of nitrogens with zero attached hydrogens (tertiary/aromatic N) is 2. The van der Waals surface area contributed by atoms with Gasteiger partial charge in [0.2, 0.25) is 0 Å². The van der Waals surface area contributed by atoms with Crippen molar-refractivity contribution in [3.05, 3.63) is 23.3 Å². The smallest absolute Gasteiger partial charge is 0.336 e. The number of aliphatic imine (C=N–C) groups is 2. The monoisotopic (exact) mass is 268 g/mol. The minimum absolute atomic E-state index is 0.212. The summed E-state index contributed by atoms with van der Waals surface area (Å²) in [5, 5.41) is 8.97. The predicted molar refractivity (Wildman–Crippen MR) is 85.4 cm³/mol. The average molecular weight is 268 g/mol. The number of carbonyl (C=O) groups is 1. The van der Waals surface area contributed by atoms with Crippen LogP contribution in [0.5, 0.6) is 0 Å². The number of hydrogen-bond acceptors (Lipinski definition) is 2. The highest BCUT2D eigenvalue weighted by Crippen LogP contribution is 2.13. The van der Waals surface area contributed by atoms with E-state index in [9.17, 15) is 4.79 Å². The average Bonchev–Trinajstić information content (AvgIpc) is 2.46. The summed E-state index contributed by atoms with van der Waals surface area (Å²) in [6, 6.07) is 0. The van der Waals surface area contributed by atoms with Crippen molar-refractivity contribution < 1.29 is 9.90 Å². The highest BCUT2D eigenvalue weighted by Gasteiger charge is 2.15. The van der Waals surface area contributed by atoms with E-state index in [0.717, 1.165) is 0 Å². The summed E-state index contributed by atoms with van der Waals surface area (Å²) in [7, 11) is 1.58. The van der Waals surface area contributed by atoms with Gasteiger partial charge in [0, 0.05) is 18.8 Å². The Morgan fingerprint density at radius 2 is 1.37 bits per heavy atom. The van der Waals surface area contributed by atoms with Gasteiger partial charge >= 0.3 is 5.97 Å². The molecule has 0 aliphatic rings. The van der Waals surface area contributed by atoms with Gasteiger partial charge in [0.05, 0.1) is 5.57 Å². The van der Waals surface area contributed by atoms with E-state index in [2.05, 4.69) is 9.98 Å². The van der Waals surface area contributed by atoms with Gasteiger partial charge in [-0.2, -0.15) is 0 Å². The molecule has 0 unspecified atom stereocenters. The zero-order chi connectivity index (χ0) is 15.8. The first-order valence-electron chi connectivity index (χ1n) is 6.64. The van der Waals surface area contributed by atoms with Crippen LogP contribution in [0.15, 0.2) is 33.3 Å². The molecule has 4 heteroatoms. The highest BCUT2D eigenvalue weighted by atomic mass is 16.4. The van der Waals surface area contributed by atoms with Crippen LogP contribution < -0.4 is 0 Å². The molecule has 0 spiro atoms. The second kappa shape index (κ2) is 16.3. The fourth-order valence-corrected chi connectivity index (χ4v) is 1.17. The van der Waals surface area contributed by atoms with Crippen LogP contribution in [0.4, 0.5) is 0 Å². The molecule has 1 N–H and O–H groups in total. The lowest BCUT2D eigenvalue weighted by Crippen LogP contribution is -2.10. The van der Waals surface area contributed by atoms with Gasteiger partial charge in [-0.1, -0.05) is 39.8 Å². The van der Waals surface area contributed by atoms with Gasteiger partial charge in [-0.25, -0.2) is 9.79 Å². The number of rotatable bonds is 3. The fourth-order valence-electron chi connectivity index (χ4n) is 1.17. The summed E-state index contributed by atoms with van der Waals surface area (Å²) < 4.78 is 0. The van der Waals surface area contributed by atoms with Crippen molar-refractivity contribution in [3.8, 4) is 0 Å². The van der Waals surface area contributed by atoms with Crippen molar-refractivity contribution >= 4 is 18.0 Å². The van der Waals surface area contributed by atoms with Gasteiger partial charge in [-0.3, -0.25) is 4.99 Å². The Morgan fingerprint density at radius 3 is 1.58 bits per heavy atom. The first-order valence-corrected chi connectivity index (χ1v) is 6.64. The third kappa shape index (κ3) is 8.94. The van der Waals surface area contributed by atoms with Crippen molar-refractivity contribution in [1.29, 1.82) is 0 Å². The first kappa shape index (κ1) is 22.5. The minimum atomic E-state index is -0.974. The number of allylic oxidation sites excluding steroid dienone is 2. The molecule has 0 aliphatic carbocycles. The van der Waals surface area contributed by atoms with E-state index >= 15 is 0 Å². The van der Waals surface area contributed by atoms with E-state index in [4.69, 9.17) is 5.11 Å². The zero-order valence-electron chi connectivity index (χ0n) is 13.5. The van der Waals surface area contributed by atoms with Crippen LogP contribution in [0.3, 0.4) is 0 Å². The molecule has 0 rings (SSSR count). The molecule has 0 heterocycles. The summed E-state index contributed by atoms with van der Waals surface area (Å²) in [6.07, 6.45) is 4.81. The summed E-state index contributed by atoms with van der Waals surface area (Å²) in [5.74, 6) is -0.548. The Hall–Kier alpha value is -1.71. The summed E-state index contributed by atoms with van der Waals surface area (Å²) in [6.45, 7) is 13.2. The van der Waals surface area contributed by atoms with E-state index < -0.39 is 5.97 Å². The largest absolute Gasteiger partial charge is 0.478 e. The van der Waals surface area contributed by atoms with Crippen LogP contribution in [-0.4, -0.2) is 30.2 Å². The first-order chi connectivity index (χ1) is 9.12. The molecule has 0 aromatic heterocycles. The quantitative estimate of drug-likeness (QED) is 0.362. The molecule has 110 valence electrons. The summed E-state index contributed by atoms with van der Waals surface area (Å²) in [4.78, 5) is 18.9. The number of carboxylic acids is 1. The molecule has 0 radical (unpaired) electrons. The van der Waals surface area contributed by atoms with Crippen molar-refractivity contribution in [1.82, 2.24) is 0 Å². The van der Waals surface area contributed by atoms with Gasteiger partial charge in [0.15, 0.2) is 5.84 Å². The number of aliphatic carboxylic acids is 1. The minimum Gasteiger partial charge on any atom is -0.478 e. The number of carboxylic acid groups (broad SMARTS) is 1. The van der Waals surface area contributed by atoms with Crippen LogP contribution in [0.1, 0.15) is 48.5 Å². The topological polar surface area (TPSA) is 62.0 Å². The van der Waals surface area contributed by atoms with E-state index in [0.29, 0.717) is 11.4 Å². The molecular formula is C15H28N2O2. The van der Waals surface area contributed by atoms with Crippen molar-refractivity contribution in [2.45, 2.75) is 48.5 Å². The van der Waals surface area contributed by atoms with E-state index in [1.165, 1.54) is 6.08 Å². The Labute approximate surface area is 117 Å². The Morgan fingerprint density at radius 1 is 0.947 bits per heavy atom. The molecule has 0 amide bonds. The highest BCUT2D eigenvalue weighted by molar-refractivity contribution is 6.12. The lowest BCUT2D eigenvalue weighted by Gasteiger charge is -2.06. The van der Waals surface area contributed by atoms with Crippen molar-refractivity contribution in [3.63, 3.8) is 0 Å². The zero-order valence-corrected chi connectivity index (χ0v) is 13.5. The lowest BCUT2D eigenvalue weighted by atomic mass is 10.1. The predicted octanol–water partition coefficient (Wildman–Crippen LogP) is 4.14. The van der Waals surface area contributed by atoms with Crippen LogP contribution in [-0.2, 0) is 4.79 Å². The second-order valence-corrected chi connectivity index (χ2v) is 2.64. The lowest BCUT2D eigenvalue weighted by molar-refractivity contribution is -0.132. The molecule has 0 saturated heterocycles. The Balaban J connectivity index is -0.000000579. The molecule has 0 atom stereocenters. The van der Waals surface area contributed by atoms with Gasteiger partial charge in [0.1, 0.15) is 0 Å². The molecule has 0 bridgehead atoms. The van der Waals surface area contributed by atoms with E-state index in [1.54, 1.807) is 40.1 Å².